The molecular formula is C37H36N4O7. The second-order valence-electron chi connectivity index (χ2n) is 11.8. The molecule has 3 aromatic carbocycles. The summed E-state index contributed by atoms with van der Waals surface area (Å²) >= 11 is 0. The number of nitrogens with zero attached hydrogens (tertiary/aromatic N) is 4. The fourth-order valence-corrected chi connectivity index (χ4v) is 6.58. The fraction of sp³-hybridized carbons (Fsp3) is 0.297. The maximum absolute atomic E-state index is 14.0. The lowest BCUT2D eigenvalue weighted by molar-refractivity contribution is 0.0677. The van der Waals surface area contributed by atoms with E-state index < -0.39 is 0 Å². The van der Waals surface area contributed by atoms with Crippen LogP contribution in [0.15, 0.2) is 77.6 Å². The molecule has 0 radical (unpaired) electrons. The van der Waals surface area contributed by atoms with E-state index in [1.807, 2.05) is 60.4 Å². The van der Waals surface area contributed by atoms with Gasteiger partial charge in [-0.05, 0) is 72.9 Å². The van der Waals surface area contributed by atoms with E-state index >= 15 is 0 Å². The van der Waals surface area contributed by atoms with E-state index in [-0.39, 0.29) is 30.2 Å². The van der Waals surface area contributed by atoms with Crippen LogP contribution in [-0.2, 0) is 6.42 Å². The van der Waals surface area contributed by atoms with Gasteiger partial charge < -0.3 is 33.2 Å². The number of hydrogen-bond donors (Lipinski definition) is 0. The number of ether oxygens (including phenoxy) is 4. The Morgan fingerprint density at radius 2 is 1.75 bits per heavy atom. The van der Waals surface area contributed by atoms with E-state index in [9.17, 15) is 9.59 Å². The summed E-state index contributed by atoms with van der Waals surface area (Å²) in [5.41, 5.74) is 4.53. The SMILES string of the molecule is COc1ccc2c(C)c(C(=O)N3CCCOc4cccc(c4)C4c5ccc(cc5CCN4C(=O)c4cnccn4)OCC3)oc2c1OC. The number of fused-ring (bicyclic) bond motifs is 9. The second kappa shape index (κ2) is 13.3. The Kier molecular flexibility index (Phi) is 8.58. The van der Waals surface area contributed by atoms with Crippen LogP contribution in [0.3, 0.4) is 0 Å². The zero-order valence-electron chi connectivity index (χ0n) is 27.1. The molecule has 0 saturated heterocycles. The molecule has 1 unspecified atom stereocenters. The Labute approximate surface area is 278 Å². The minimum Gasteiger partial charge on any atom is -0.494 e. The number of aromatic nitrogens is 2. The number of carbonyl (C=O) groups is 2. The largest absolute Gasteiger partial charge is 0.494 e. The molecule has 5 aromatic rings. The van der Waals surface area contributed by atoms with Crippen LogP contribution >= 0.6 is 0 Å². The summed E-state index contributed by atoms with van der Waals surface area (Å²) in [7, 11) is 3.11. The standard InChI is InChI=1S/C37H36N4O7/c1-23-28-10-11-31(44-2)35(45-3)34(28)48-33(23)37(43)40-15-5-18-46-26-7-4-6-25(21-26)32-29-9-8-27(47-19-17-40)20-24(29)12-16-41(32)36(42)30-22-38-13-14-39-30/h4,6-11,13-14,20-22,32H,5,12,15-19H2,1-3H3. The van der Waals surface area contributed by atoms with Crippen molar-refractivity contribution in [3.05, 3.63) is 107 Å². The highest BCUT2D eigenvalue weighted by Gasteiger charge is 2.34. The third-order valence-electron chi connectivity index (χ3n) is 8.96. The number of methoxy groups -OCH3 is 2. The Hall–Kier alpha value is -5.58. The topological polar surface area (TPSA) is 116 Å². The van der Waals surface area contributed by atoms with E-state index in [4.69, 9.17) is 23.4 Å². The van der Waals surface area contributed by atoms with Crippen molar-refractivity contribution >= 4 is 22.8 Å². The molecule has 5 heterocycles. The number of furan rings is 1. The molecular weight excluding hydrogens is 612 g/mol. The molecule has 2 aromatic heterocycles. The molecule has 0 spiro atoms. The Bertz CT molecular complexity index is 1980. The maximum atomic E-state index is 14.0. The van der Waals surface area contributed by atoms with E-state index in [1.165, 1.54) is 12.4 Å². The van der Waals surface area contributed by atoms with Crippen molar-refractivity contribution < 1.29 is 33.0 Å². The summed E-state index contributed by atoms with van der Waals surface area (Å²) < 4.78 is 29.6. The Morgan fingerprint density at radius 1 is 0.896 bits per heavy atom. The van der Waals surface area contributed by atoms with E-state index in [2.05, 4.69) is 9.97 Å². The molecule has 246 valence electrons. The van der Waals surface area contributed by atoms with Gasteiger partial charge in [0.05, 0.1) is 39.6 Å². The summed E-state index contributed by atoms with van der Waals surface area (Å²) in [4.78, 5) is 39.7. The van der Waals surface area contributed by atoms with Gasteiger partial charge in [0.25, 0.3) is 11.8 Å². The van der Waals surface area contributed by atoms with Crippen molar-refractivity contribution in [3.63, 3.8) is 0 Å². The number of aryl methyl sites for hydroxylation is 1. The predicted octanol–water partition coefficient (Wildman–Crippen LogP) is 5.64. The summed E-state index contributed by atoms with van der Waals surface area (Å²) in [6.07, 6.45) is 5.81. The van der Waals surface area contributed by atoms with Gasteiger partial charge in [0.15, 0.2) is 17.1 Å². The zero-order chi connectivity index (χ0) is 33.2. The van der Waals surface area contributed by atoms with E-state index in [0.29, 0.717) is 73.4 Å². The summed E-state index contributed by atoms with van der Waals surface area (Å²) in [5.74, 6) is 2.19. The molecule has 11 heteroatoms. The average molecular weight is 649 g/mol. The lowest BCUT2D eigenvalue weighted by Gasteiger charge is -2.38. The minimum absolute atomic E-state index is 0.179. The lowest BCUT2D eigenvalue weighted by atomic mass is 9.87. The first-order valence-electron chi connectivity index (χ1n) is 16.0. The van der Waals surface area contributed by atoms with Crippen LogP contribution in [-0.4, -0.2) is 78.6 Å². The number of carbonyl (C=O) groups excluding carboxylic acids is 2. The maximum Gasteiger partial charge on any atom is 0.290 e. The molecule has 0 aliphatic carbocycles. The van der Waals surface area contributed by atoms with Crippen molar-refractivity contribution in [1.29, 1.82) is 0 Å². The van der Waals surface area contributed by atoms with E-state index in [1.54, 1.807) is 31.4 Å². The van der Waals surface area contributed by atoms with Gasteiger partial charge in [-0.15, -0.1) is 0 Å². The van der Waals surface area contributed by atoms with Gasteiger partial charge in [0.2, 0.25) is 5.75 Å². The van der Waals surface area contributed by atoms with Gasteiger partial charge in [0.1, 0.15) is 23.8 Å². The lowest BCUT2D eigenvalue weighted by Crippen LogP contribution is -2.41. The zero-order valence-corrected chi connectivity index (χ0v) is 27.1. The smallest absolute Gasteiger partial charge is 0.290 e. The molecule has 48 heavy (non-hydrogen) atoms. The molecule has 3 aliphatic rings. The van der Waals surface area contributed by atoms with Gasteiger partial charge in [-0.1, -0.05) is 18.2 Å². The van der Waals surface area contributed by atoms with Gasteiger partial charge >= 0.3 is 0 Å². The fourth-order valence-electron chi connectivity index (χ4n) is 6.58. The van der Waals surface area contributed by atoms with Crippen LogP contribution in [0.5, 0.6) is 23.0 Å². The van der Waals surface area contributed by atoms with Crippen molar-refractivity contribution in [1.82, 2.24) is 19.8 Å². The highest BCUT2D eigenvalue weighted by atomic mass is 16.5. The van der Waals surface area contributed by atoms with Crippen LogP contribution in [0.25, 0.3) is 11.0 Å². The van der Waals surface area contributed by atoms with Crippen molar-refractivity contribution in [3.8, 4) is 23.0 Å². The Balaban J connectivity index is 1.19. The number of benzene rings is 3. The molecule has 3 aliphatic heterocycles. The van der Waals surface area contributed by atoms with Crippen LogP contribution in [0.4, 0.5) is 0 Å². The number of rotatable bonds is 4. The van der Waals surface area contributed by atoms with Crippen LogP contribution in [0, 0.1) is 6.92 Å². The minimum atomic E-state index is -0.340. The first-order chi connectivity index (χ1) is 23.5. The highest BCUT2D eigenvalue weighted by molar-refractivity contribution is 6.01. The van der Waals surface area contributed by atoms with Gasteiger partial charge in [0, 0.05) is 36.4 Å². The second-order valence-corrected chi connectivity index (χ2v) is 11.8. The van der Waals surface area contributed by atoms with Gasteiger partial charge in [-0.25, -0.2) is 4.98 Å². The quantitative estimate of drug-likeness (QED) is 0.244. The molecule has 2 amide bonds. The van der Waals surface area contributed by atoms with Gasteiger partial charge in [-0.2, -0.15) is 0 Å². The third-order valence-corrected chi connectivity index (χ3v) is 8.96. The molecule has 1 atom stereocenters. The molecule has 0 fully saturated rings. The first-order valence-corrected chi connectivity index (χ1v) is 16.0. The average Bonchev–Trinajstić information content (AvgIpc) is 3.46. The van der Waals surface area contributed by atoms with Crippen molar-refractivity contribution in [2.75, 3.05) is 47.1 Å². The van der Waals surface area contributed by atoms with Gasteiger partial charge in [-0.3, -0.25) is 14.6 Å². The third kappa shape index (κ3) is 5.76. The number of hydrogen-bond acceptors (Lipinski definition) is 9. The summed E-state index contributed by atoms with van der Waals surface area (Å²) in [6, 6.07) is 17.2. The van der Waals surface area contributed by atoms with E-state index in [0.717, 1.165) is 27.6 Å². The summed E-state index contributed by atoms with van der Waals surface area (Å²) in [6.45, 7) is 3.79. The molecule has 0 N–H and O–H groups in total. The van der Waals surface area contributed by atoms with Crippen LogP contribution in [0.2, 0.25) is 0 Å². The van der Waals surface area contributed by atoms with Crippen molar-refractivity contribution in [2.45, 2.75) is 25.8 Å². The number of amides is 2. The first kappa shape index (κ1) is 31.0. The van der Waals surface area contributed by atoms with Crippen LogP contribution in [0.1, 0.15) is 55.8 Å². The molecule has 8 rings (SSSR count). The molecule has 6 bridgehead atoms. The summed E-state index contributed by atoms with van der Waals surface area (Å²) in [5, 5.41) is 0.786. The monoisotopic (exact) mass is 648 g/mol. The van der Waals surface area contributed by atoms with Crippen molar-refractivity contribution in [2.24, 2.45) is 0 Å². The molecule has 11 nitrogen and oxygen atoms in total. The predicted molar refractivity (Wildman–Crippen MR) is 177 cm³/mol. The highest BCUT2D eigenvalue weighted by Crippen LogP contribution is 2.40. The molecule has 0 saturated carbocycles. The normalized spacial score (nSPS) is 16.3. The Morgan fingerprint density at radius 3 is 2.56 bits per heavy atom. The van der Waals surface area contributed by atoms with Crippen LogP contribution < -0.4 is 18.9 Å².